The summed E-state index contributed by atoms with van der Waals surface area (Å²) in [6.45, 7) is 2.87. The van der Waals surface area contributed by atoms with Gasteiger partial charge < -0.3 is 5.32 Å². The van der Waals surface area contributed by atoms with Crippen LogP contribution in [0.4, 0.5) is 4.39 Å². The Morgan fingerprint density at radius 2 is 1.65 bits per heavy atom. The van der Waals surface area contributed by atoms with Gasteiger partial charge in [0.25, 0.3) is 0 Å². The van der Waals surface area contributed by atoms with Crippen LogP contribution in [-0.2, 0) is 17.8 Å². The molecule has 1 amide bonds. The molecule has 0 atom stereocenters. The van der Waals surface area contributed by atoms with Crippen molar-refractivity contribution in [1.82, 2.24) is 10.2 Å². The van der Waals surface area contributed by atoms with Gasteiger partial charge in [0.05, 0.1) is 0 Å². The Morgan fingerprint density at radius 3 is 2.31 bits per heavy atom. The molecule has 0 radical (unpaired) electrons. The standard InChI is InChI=1S/C21H24ClFN2O/c22-18-6-1-17(2-7-18)15-25-13-11-20(12-14-25)24-21(26)10-5-16-3-8-19(23)9-4-16/h1-4,6-9,20H,5,10-15H2,(H,24,26). The van der Waals surface area contributed by atoms with E-state index >= 15 is 0 Å². The van der Waals surface area contributed by atoms with Crippen LogP contribution in [0.1, 0.15) is 30.4 Å². The molecule has 3 rings (SSSR count). The summed E-state index contributed by atoms with van der Waals surface area (Å²) in [6, 6.07) is 14.5. The largest absolute Gasteiger partial charge is 0.353 e. The summed E-state index contributed by atoms with van der Waals surface area (Å²) < 4.78 is 12.9. The summed E-state index contributed by atoms with van der Waals surface area (Å²) >= 11 is 5.92. The summed E-state index contributed by atoms with van der Waals surface area (Å²) in [4.78, 5) is 14.6. The van der Waals surface area contributed by atoms with Crippen molar-refractivity contribution in [3.8, 4) is 0 Å². The van der Waals surface area contributed by atoms with Crippen LogP contribution < -0.4 is 5.32 Å². The third-order valence-corrected chi connectivity index (χ3v) is 5.08. The molecule has 0 aliphatic carbocycles. The van der Waals surface area contributed by atoms with E-state index < -0.39 is 0 Å². The fourth-order valence-corrected chi connectivity index (χ4v) is 3.42. The molecule has 5 heteroatoms. The average Bonchev–Trinajstić information content (AvgIpc) is 2.65. The summed E-state index contributed by atoms with van der Waals surface area (Å²) in [7, 11) is 0. The lowest BCUT2D eigenvalue weighted by Crippen LogP contribution is -2.44. The minimum absolute atomic E-state index is 0.0745. The highest BCUT2D eigenvalue weighted by molar-refractivity contribution is 6.30. The number of carbonyl (C=O) groups excluding carboxylic acids is 1. The second kappa shape index (κ2) is 9.15. The van der Waals surface area contributed by atoms with Crippen molar-refractivity contribution in [2.75, 3.05) is 13.1 Å². The molecule has 1 fully saturated rings. The molecule has 1 heterocycles. The smallest absolute Gasteiger partial charge is 0.220 e. The summed E-state index contributed by atoms with van der Waals surface area (Å²) in [5, 5.41) is 3.90. The number of halogens is 2. The third kappa shape index (κ3) is 5.82. The quantitative estimate of drug-likeness (QED) is 0.822. The fraction of sp³-hybridized carbons (Fsp3) is 0.381. The van der Waals surface area contributed by atoms with Gasteiger partial charge >= 0.3 is 0 Å². The van der Waals surface area contributed by atoms with Gasteiger partial charge in [0, 0.05) is 37.1 Å². The maximum Gasteiger partial charge on any atom is 0.220 e. The van der Waals surface area contributed by atoms with Gasteiger partial charge in [-0.05, 0) is 54.7 Å². The van der Waals surface area contributed by atoms with Crippen molar-refractivity contribution in [2.24, 2.45) is 0 Å². The summed E-state index contributed by atoms with van der Waals surface area (Å²) in [6.07, 6.45) is 3.02. The van der Waals surface area contributed by atoms with E-state index in [2.05, 4.69) is 22.3 Å². The van der Waals surface area contributed by atoms with Gasteiger partial charge in [-0.3, -0.25) is 9.69 Å². The predicted octanol–water partition coefficient (Wildman–Crippen LogP) is 4.19. The van der Waals surface area contributed by atoms with Gasteiger partial charge in [-0.25, -0.2) is 4.39 Å². The Kier molecular flexibility index (Phi) is 6.64. The molecular weight excluding hydrogens is 351 g/mol. The number of piperidine rings is 1. The lowest BCUT2D eigenvalue weighted by Gasteiger charge is -2.32. The molecule has 1 N–H and O–H groups in total. The molecule has 1 saturated heterocycles. The van der Waals surface area contributed by atoms with Crippen molar-refractivity contribution in [3.05, 3.63) is 70.5 Å². The van der Waals surface area contributed by atoms with Gasteiger partial charge in [0.1, 0.15) is 5.82 Å². The van der Waals surface area contributed by atoms with Crippen LogP contribution in [0, 0.1) is 5.82 Å². The van der Waals surface area contributed by atoms with Crippen LogP contribution in [0.25, 0.3) is 0 Å². The Labute approximate surface area is 159 Å². The number of carbonyl (C=O) groups is 1. The van der Waals surface area contributed by atoms with Gasteiger partial charge in [0.15, 0.2) is 0 Å². The van der Waals surface area contributed by atoms with Gasteiger partial charge in [0.2, 0.25) is 5.91 Å². The number of nitrogens with one attached hydrogen (secondary N) is 1. The van der Waals surface area contributed by atoms with E-state index in [4.69, 9.17) is 11.6 Å². The van der Waals surface area contributed by atoms with Crippen LogP contribution in [0.15, 0.2) is 48.5 Å². The molecule has 138 valence electrons. The van der Waals surface area contributed by atoms with Crippen molar-refractivity contribution in [1.29, 1.82) is 0 Å². The first-order valence-electron chi connectivity index (χ1n) is 9.09. The van der Waals surface area contributed by atoms with E-state index in [9.17, 15) is 9.18 Å². The Hall–Kier alpha value is -1.91. The molecule has 0 spiro atoms. The Morgan fingerprint density at radius 1 is 1.04 bits per heavy atom. The highest BCUT2D eigenvalue weighted by Crippen LogP contribution is 2.16. The van der Waals surface area contributed by atoms with Crippen LogP contribution in [-0.4, -0.2) is 29.9 Å². The number of hydrogen-bond donors (Lipinski definition) is 1. The number of amides is 1. The number of likely N-dealkylation sites (tertiary alicyclic amines) is 1. The molecule has 1 aliphatic rings. The SMILES string of the molecule is O=C(CCc1ccc(F)cc1)NC1CCN(Cc2ccc(Cl)cc2)CC1. The maximum absolute atomic E-state index is 12.9. The highest BCUT2D eigenvalue weighted by Gasteiger charge is 2.20. The van der Waals surface area contributed by atoms with Crippen LogP contribution >= 0.6 is 11.6 Å². The first kappa shape index (κ1) is 18.9. The Bertz CT molecular complexity index is 710. The predicted molar refractivity (Wildman–Crippen MR) is 103 cm³/mol. The number of nitrogens with zero attached hydrogens (tertiary/aromatic N) is 1. The van der Waals surface area contributed by atoms with Crippen molar-refractivity contribution < 1.29 is 9.18 Å². The number of aryl methyl sites for hydroxylation is 1. The summed E-state index contributed by atoms with van der Waals surface area (Å²) in [5.74, 6) is -0.172. The van der Waals surface area contributed by atoms with E-state index in [1.54, 1.807) is 12.1 Å². The number of rotatable bonds is 6. The minimum Gasteiger partial charge on any atom is -0.353 e. The van der Waals surface area contributed by atoms with Crippen LogP contribution in [0.2, 0.25) is 5.02 Å². The summed E-state index contributed by atoms with van der Waals surface area (Å²) in [5.41, 5.74) is 2.25. The van der Waals surface area contributed by atoms with Crippen molar-refractivity contribution in [3.63, 3.8) is 0 Å². The lowest BCUT2D eigenvalue weighted by atomic mass is 10.0. The van der Waals surface area contributed by atoms with Crippen LogP contribution in [0.5, 0.6) is 0 Å². The van der Waals surface area contributed by atoms with E-state index in [1.165, 1.54) is 17.7 Å². The molecule has 1 aliphatic heterocycles. The molecule has 2 aromatic rings. The molecule has 0 bridgehead atoms. The van der Waals surface area contributed by atoms with Gasteiger partial charge in [-0.15, -0.1) is 0 Å². The molecule has 0 unspecified atom stereocenters. The zero-order valence-corrected chi connectivity index (χ0v) is 15.5. The van der Waals surface area contributed by atoms with Gasteiger partial charge in [-0.2, -0.15) is 0 Å². The Balaban J connectivity index is 1.37. The minimum atomic E-state index is -0.247. The van der Waals surface area contributed by atoms with E-state index in [1.807, 2.05) is 12.1 Å². The van der Waals surface area contributed by atoms with Crippen LogP contribution in [0.3, 0.4) is 0 Å². The first-order valence-corrected chi connectivity index (χ1v) is 9.47. The first-order chi connectivity index (χ1) is 12.6. The molecular formula is C21H24ClFN2O. The molecule has 0 saturated carbocycles. The topological polar surface area (TPSA) is 32.3 Å². The van der Waals surface area contributed by atoms with E-state index in [0.717, 1.165) is 43.1 Å². The molecule has 3 nitrogen and oxygen atoms in total. The zero-order chi connectivity index (χ0) is 18.4. The third-order valence-electron chi connectivity index (χ3n) is 4.83. The average molecular weight is 375 g/mol. The number of benzene rings is 2. The van der Waals surface area contributed by atoms with Gasteiger partial charge in [-0.1, -0.05) is 35.9 Å². The second-order valence-electron chi connectivity index (χ2n) is 6.87. The van der Waals surface area contributed by atoms with Crippen molar-refractivity contribution >= 4 is 17.5 Å². The lowest BCUT2D eigenvalue weighted by molar-refractivity contribution is -0.122. The molecule has 26 heavy (non-hydrogen) atoms. The second-order valence-corrected chi connectivity index (χ2v) is 7.31. The number of hydrogen-bond acceptors (Lipinski definition) is 2. The van der Waals surface area contributed by atoms with Crippen molar-refractivity contribution in [2.45, 2.75) is 38.3 Å². The normalized spacial score (nSPS) is 15.8. The maximum atomic E-state index is 12.9. The highest BCUT2D eigenvalue weighted by atomic mass is 35.5. The molecule has 2 aromatic carbocycles. The molecule has 0 aromatic heterocycles. The fourth-order valence-electron chi connectivity index (χ4n) is 3.29. The van der Waals surface area contributed by atoms with E-state index in [0.29, 0.717) is 12.8 Å². The van der Waals surface area contributed by atoms with E-state index in [-0.39, 0.29) is 17.8 Å². The monoisotopic (exact) mass is 374 g/mol. The zero-order valence-electron chi connectivity index (χ0n) is 14.8.